The van der Waals surface area contributed by atoms with Crippen LogP contribution in [0.15, 0.2) is 35.3 Å². The number of aromatic nitrogens is 1. The van der Waals surface area contributed by atoms with E-state index in [-0.39, 0.29) is 0 Å². The summed E-state index contributed by atoms with van der Waals surface area (Å²) in [7, 11) is 0. The molecule has 0 N–H and O–H groups in total. The molecule has 4 rings (SSSR count). The summed E-state index contributed by atoms with van der Waals surface area (Å²) in [5.74, 6) is 1.09. The highest BCUT2D eigenvalue weighted by molar-refractivity contribution is 6.29. The molecule has 0 radical (unpaired) electrons. The molecule has 0 spiro atoms. The van der Waals surface area contributed by atoms with Crippen molar-refractivity contribution < 1.29 is 0 Å². The molecule has 4 heteroatoms. The highest BCUT2D eigenvalue weighted by atomic mass is 35.5. The molecule has 0 bridgehead atoms. The molecule has 0 saturated heterocycles. The Morgan fingerprint density at radius 3 is 2.82 bits per heavy atom. The molecular weight excluding hydrogens is 294 g/mol. The van der Waals surface area contributed by atoms with Gasteiger partial charge in [-0.15, -0.1) is 0 Å². The fraction of sp³-hybridized carbons (Fsp3) is 0.333. The lowest BCUT2D eigenvalue weighted by atomic mass is 9.95. The molecule has 3 heterocycles. The zero-order valence-electron chi connectivity index (χ0n) is 12.8. The van der Waals surface area contributed by atoms with Gasteiger partial charge in [0.05, 0.1) is 12.2 Å². The smallest absolute Gasteiger partial charge is 0.134 e. The molecule has 0 aliphatic carbocycles. The first-order valence-corrected chi connectivity index (χ1v) is 8.05. The minimum atomic E-state index is 0.379. The van der Waals surface area contributed by atoms with Crippen molar-refractivity contribution in [3.05, 3.63) is 63.4 Å². The van der Waals surface area contributed by atoms with E-state index in [1.165, 1.54) is 22.3 Å². The third kappa shape index (κ3) is 2.20. The molecule has 2 aromatic rings. The van der Waals surface area contributed by atoms with Crippen molar-refractivity contribution in [3.8, 4) is 0 Å². The standard InChI is InChI=1S/C18H18ClN3/c1-11-3-5-13(6-4-11)10-22-12(2)7-15-17-14(8-16(19)21-15)9-20-18(17)22/h3-6,8,12H,7,9-10H2,1-2H3. The average molecular weight is 312 g/mol. The maximum Gasteiger partial charge on any atom is 0.134 e. The number of nitrogens with zero attached hydrogens (tertiary/aromatic N) is 3. The van der Waals surface area contributed by atoms with E-state index in [2.05, 4.69) is 48.0 Å². The van der Waals surface area contributed by atoms with Gasteiger partial charge in [0.25, 0.3) is 0 Å². The van der Waals surface area contributed by atoms with E-state index in [4.69, 9.17) is 16.6 Å². The molecule has 1 aromatic heterocycles. The second-order valence-electron chi connectivity index (χ2n) is 6.23. The normalized spacial score (nSPS) is 19.1. The van der Waals surface area contributed by atoms with Crippen molar-refractivity contribution in [2.45, 2.75) is 39.4 Å². The molecule has 2 aliphatic rings. The van der Waals surface area contributed by atoms with Crippen molar-refractivity contribution in [1.82, 2.24) is 9.88 Å². The fourth-order valence-corrected chi connectivity index (χ4v) is 3.59. The molecule has 112 valence electrons. The Morgan fingerprint density at radius 1 is 1.27 bits per heavy atom. The highest BCUT2D eigenvalue weighted by Crippen LogP contribution is 2.32. The first kappa shape index (κ1) is 13.8. The summed E-state index contributed by atoms with van der Waals surface area (Å²) in [4.78, 5) is 11.7. The number of aliphatic imine (C=N–C) groups is 1. The third-order valence-electron chi connectivity index (χ3n) is 4.53. The van der Waals surface area contributed by atoms with Gasteiger partial charge in [-0.2, -0.15) is 0 Å². The van der Waals surface area contributed by atoms with Gasteiger partial charge in [0, 0.05) is 24.6 Å². The van der Waals surface area contributed by atoms with Crippen molar-refractivity contribution in [2.75, 3.05) is 0 Å². The van der Waals surface area contributed by atoms with Crippen LogP contribution in [0.2, 0.25) is 5.15 Å². The first-order chi connectivity index (χ1) is 10.6. The number of hydrogen-bond acceptors (Lipinski definition) is 3. The number of amidine groups is 1. The molecule has 1 aromatic carbocycles. The van der Waals surface area contributed by atoms with Gasteiger partial charge < -0.3 is 4.90 Å². The van der Waals surface area contributed by atoms with Gasteiger partial charge in [0.15, 0.2) is 0 Å². The van der Waals surface area contributed by atoms with Gasteiger partial charge in [0.2, 0.25) is 0 Å². The van der Waals surface area contributed by atoms with Crippen molar-refractivity contribution in [3.63, 3.8) is 0 Å². The monoisotopic (exact) mass is 311 g/mol. The van der Waals surface area contributed by atoms with E-state index in [1.54, 1.807) is 0 Å². The van der Waals surface area contributed by atoms with Gasteiger partial charge in [-0.3, -0.25) is 4.99 Å². The zero-order valence-corrected chi connectivity index (χ0v) is 13.6. The van der Waals surface area contributed by atoms with Crippen molar-refractivity contribution >= 4 is 17.4 Å². The summed E-state index contributed by atoms with van der Waals surface area (Å²) in [6.45, 7) is 5.96. The molecule has 1 atom stereocenters. The van der Waals surface area contributed by atoms with Crippen LogP contribution in [0.1, 0.15) is 34.9 Å². The Labute approximate surface area is 135 Å². The van der Waals surface area contributed by atoms with Crippen molar-refractivity contribution in [1.29, 1.82) is 0 Å². The summed E-state index contributed by atoms with van der Waals surface area (Å²) in [6.07, 6.45) is 0.924. The van der Waals surface area contributed by atoms with Crippen LogP contribution in [0.3, 0.4) is 0 Å². The third-order valence-corrected chi connectivity index (χ3v) is 4.73. The predicted octanol–water partition coefficient (Wildman–Crippen LogP) is 3.75. The number of rotatable bonds is 2. The van der Waals surface area contributed by atoms with Gasteiger partial charge in [-0.05, 0) is 31.0 Å². The van der Waals surface area contributed by atoms with Gasteiger partial charge in [-0.25, -0.2) is 4.98 Å². The maximum atomic E-state index is 6.13. The van der Waals surface area contributed by atoms with Crippen LogP contribution in [-0.4, -0.2) is 21.8 Å². The Balaban J connectivity index is 1.70. The highest BCUT2D eigenvalue weighted by Gasteiger charge is 2.33. The maximum absolute atomic E-state index is 6.13. The van der Waals surface area contributed by atoms with Gasteiger partial charge in [0.1, 0.15) is 11.0 Å². The van der Waals surface area contributed by atoms with Crippen LogP contribution in [0.25, 0.3) is 0 Å². The molecule has 1 unspecified atom stereocenters. The zero-order chi connectivity index (χ0) is 15.3. The second-order valence-corrected chi connectivity index (χ2v) is 6.62. The van der Waals surface area contributed by atoms with Crippen LogP contribution in [0.4, 0.5) is 0 Å². The van der Waals surface area contributed by atoms with Crippen molar-refractivity contribution in [2.24, 2.45) is 4.99 Å². The lowest BCUT2D eigenvalue weighted by Crippen LogP contribution is -2.43. The summed E-state index contributed by atoms with van der Waals surface area (Å²) in [5.41, 5.74) is 6.14. The van der Waals surface area contributed by atoms with E-state index >= 15 is 0 Å². The molecular formula is C18H18ClN3. The molecule has 22 heavy (non-hydrogen) atoms. The van der Waals surface area contributed by atoms with E-state index in [9.17, 15) is 0 Å². The molecule has 0 saturated carbocycles. The molecule has 2 aliphatic heterocycles. The Bertz CT molecular complexity index is 765. The van der Waals surface area contributed by atoms with Crippen LogP contribution in [0.5, 0.6) is 0 Å². The first-order valence-electron chi connectivity index (χ1n) is 7.67. The van der Waals surface area contributed by atoms with Crippen LogP contribution in [0, 0.1) is 6.92 Å². The number of aryl methyl sites for hydroxylation is 1. The Kier molecular flexibility index (Phi) is 3.19. The largest absolute Gasteiger partial charge is 0.349 e. The second kappa shape index (κ2) is 5.10. The topological polar surface area (TPSA) is 28.5 Å². The molecule has 3 nitrogen and oxygen atoms in total. The summed E-state index contributed by atoms with van der Waals surface area (Å²) in [5, 5.41) is 0.587. The van der Waals surface area contributed by atoms with Crippen LogP contribution in [-0.2, 0) is 19.5 Å². The molecule has 0 amide bonds. The molecule has 0 fully saturated rings. The summed E-state index contributed by atoms with van der Waals surface area (Å²) in [6, 6.07) is 11.1. The quantitative estimate of drug-likeness (QED) is 0.790. The van der Waals surface area contributed by atoms with Gasteiger partial charge in [-0.1, -0.05) is 41.4 Å². The lowest BCUT2D eigenvalue weighted by Gasteiger charge is -2.36. The lowest BCUT2D eigenvalue weighted by molar-refractivity contribution is 0.310. The van der Waals surface area contributed by atoms with E-state index < -0.39 is 0 Å². The Hall–Kier alpha value is -1.87. The van der Waals surface area contributed by atoms with Gasteiger partial charge >= 0.3 is 0 Å². The minimum Gasteiger partial charge on any atom is -0.349 e. The SMILES string of the molecule is Cc1ccc(CN2C3=NCc4cc(Cl)nc(c43)CC2C)cc1. The van der Waals surface area contributed by atoms with E-state index in [0.29, 0.717) is 11.2 Å². The number of benzene rings is 1. The van der Waals surface area contributed by atoms with Crippen LogP contribution < -0.4 is 0 Å². The van der Waals surface area contributed by atoms with Crippen LogP contribution >= 0.6 is 11.6 Å². The summed E-state index contributed by atoms with van der Waals surface area (Å²) >= 11 is 6.13. The number of hydrogen-bond donors (Lipinski definition) is 0. The number of halogens is 1. The Morgan fingerprint density at radius 2 is 2.05 bits per heavy atom. The summed E-state index contributed by atoms with van der Waals surface area (Å²) < 4.78 is 0. The fourth-order valence-electron chi connectivity index (χ4n) is 3.36. The van der Waals surface area contributed by atoms with E-state index in [1.807, 2.05) is 6.07 Å². The average Bonchev–Trinajstić information content (AvgIpc) is 2.89. The van der Waals surface area contributed by atoms with E-state index in [0.717, 1.165) is 31.0 Å². The predicted molar refractivity (Wildman–Crippen MR) is 89.4 cm³/mol. The minimum absolute atomic E-state index is 0.379. The number of pyridine rings is 1.